The molecule has 0 spiro atoms. The van der Waals surface area contributed by atoms with Gasteiger partial charge in [-0.05, 0) is 42.5 Å². The van der Waals surface area contributed by atoms with Crippen LogP contribution in [0.25, 0.3) is 0 Å². The lowest BCUT2D eigenvalue weighted by atomic mass is 10.2. The number of hydrogen-bond donors (Lipinski definition) is 2. The van der Waals surface area contributed by atoms with Crippen molar-refractivity contribution in [3.63, 3.8) is 0 Å². The summed E-state index contributed by atoms with van der Waals surface area (Å²) in [6.07, 6.45) is 0. The molecular weight excluding hydrogens is 429 g/mol. The van der Waals surface area contributed by atoms with Crippen molar-refractivity contribution < 1.29 is 9.53 Å². The van der Waals surface area contributed by atoms with Crippen molar-refractivity contribution in [3.8, 4) is 0 Å². The van der Waals surface area contributed by atoms with Gasteiger partial charge < -0.3 is 15.0 Å². The number of nitrogens with zero attached hydrogens (tertiary/aromatic N) is 1. The second-order valence-electron chi connectivity index (χ2n) is 5.77. The Hall–Kier alpha value is -1.57. The van der Waals surface area contributed by atoms with Crippen LogP contribution in [0.1, 0.15) is 10.4 Å². The maximum atomic E-state index is 12.4. The highest BCUT2D eigenvalue weighted by Crippen LogP contribution is 2.34. The van der Waals surface area contributed by atoms with Crippen LogP contribution in [0, 0.1) is 0 Å². The fourth-order valence-corrected chi connectivity index (χ4v) is 3.71. The van der Waals surface area contributed by atoms with Gasteiger partial charge in [-0.15, -0.1) is 0 Å². The summed E-state index contributed by atoms with van der Waals surface area (Å²) < 4.78 is 5.39. The molecule has 27 heavy (non-hydrogen) atoms. The molecule has 5 nitrogen and oxygen atoms in total. The van der Waals surface area contributed by atoms with Crippen molar-refractivity contribution in [2.75, 3.05) is 36.5 Å². The highest BCUT2D eigenvalue weighted by molar-refractivity contribution is 7.80. The van der Waals surface area contributed by atoms with E-state index in [9.17, 15) is 4.79 Å². The number of morpholine rings is 1. The molecule has 142 valence electrons. The molecule has 2 aromatic rings. The number of amides is 1. The van der Waals surface area contributed by atoms with Gasteiger partial charge in [-0.25, -0.2) is 0 Å². The maximum absolute atomic E-state index is 12.4. The van der Waals surface area contributed by atoms with Gasteiger partial charge in [0.1, 0.15) is 0 Å². The molecule has 1 heterocycles. The van der Waals surface area contributed by atoms with Gasteiger partial charge in [-0.2, -0.15) is 0 Å². The minimum absolute atomic E-state index is 0.141. The second kappa shape index (κ2) is 9.08. The number of nitrogens with one attached hydrogen (secondary N) is 2. The van der Waals surface area contributed by atoms with Crippen LogP contribution in [0.3, 0.4) is 0 Å². The van der Waals surface area contributed by atoms with E-state index in [2.05, 4.69) is 15.5 Å². The summed E-state index contributed by atoms with van der Waals surface area (Å²) in [5.74, 6) is -0.427. The molecule has 0 aromatic heterocycles. The Balaban J connectivity index is 1.74. The summed E-state index contributed by atoms with van der Waals surface area (Å²) >= 11 is 23.6. The van der Waals surface area contributed by atoms with Crippen molar-refractivity contribution in [2.45, 2.75) is 0 Å². The third-order valence-corrected chi connectivity index (χ3v) is 5.02. The molecule has 1 fully saturated rings. The van der Waals surface area contributed by atoms with Crippen LogP contribution >= 0.6 is 47.0 Å². The summed E-state index contributed by atoms with van der Waals surface area (Å²) in [6, 6.07) is 10.1. The lowest BCUT2D eigenvalue weighted by molar-refractivity contribution is 0.0978. The smallest absolute Gasteiger partial charge is 0.258 e. The van der Waals surface area contributed by atoms with Crippen LogP contribution in [0.4, 0.5) is 11.4 Å². The predicted octanol–water partition coefficient (Wildman–Crippen LogP) is 4.61. The van der Waals surface area contributed by atoms with Gasteiger partial charge >= 0.3 is 0 Å². The van der Waals surface area contributed by atoms with Crippen molar-refractivity contribution in [1.82, 2.24) is 5.32 Å². The van der Waals surface area contributed by atoms with Crippen LogP contribution < -0.4 is 15.5 Å². The second-order valence-corrected chi connectivity index (χ2v) is 7.43. The average molecular weight is 445 g/mol. The SMILES string of the molecule is O=C(NC(=S)Nc1cccc(Cl)c1N1CCOCC1)c1ccc(Cl)cc1Cl. The summed E-state index contributed by atoms with van der Waals surface area (Å²) in [5, 5.41) is 7.10. The van der Waals surface area contributed by atoms with Gasteiger partial charge in [-0.1, -0.05) is 40.9 Å². The van der Waals surface area contributed by atoms with E-state index in [1.165, 1.54) is 6.07 Å². The van der Waals surface area contributed by atoms with Crippen LogP contribution in [0.15, 0.2) is 36.4 Å². The maximum Gasteiger partial charge on any atom is 0.258 e. The number of ether oxygens (including phenoxy) is 1. The first-order valence-corrected chi connectivity index (χ1v) is 9.68. The molecule has 1 aliphatic heterocycles. The molecular formula is C18H16Cl3N3O2S. The fourth-order valence-electron chi connectivity index (χ4n) is 2.72. The molecule has 9 heteroatoms. The first-order chi connectivity index (χ1) is 13.0. The van der Waals surface area contributed by atoms with E-state index in [0.29, 0.717) is 28.9 Å². The molecule has 1 saturated heterocycles. The van der Waals surface area contributed by atoms with Crippen molar-refractivity contribution >= 4 is 69.4 Å². The van der Waals surface area contributed by atoms with Crippen molar-refractivity contribution in [2.24, 2.45) is 0 Å². The first kappa shape index (κ1) is 20.2. The third kappa shape index (κ3) is 5.03. The van der Waals surface area contributed by atoms with Crippen LogP contribution in [-0.4, -0.2) is 37.3 Å². The highest BCUT2D eigenvalue weighted by atomic mass is 35.5. The largest absolute Gasteiger partial charge is 0.378 e. The summed E-state index contributed by atoms with van der Waals surface area (Å²) in [6.45, 7) is 2.69. The Kier molecular flexibility index (Phi) is 6.78. The Morgan fingerprint density at radius 3 is 2.52 bits per heavy atom. The minimum Gasteiger partial charge on any atom is -0.378 e. The standard InChI is InChI=1S/C18H16Cl3N3O2S/c19-11-4-5-12(14(21)10-11)17(25)23-18(27)22-15-3-1-2-13(20)16(15)24-6-8-26-9-7-24/h1-5,10H,6-9H2,(H2,22,23,25,27). The van der Waals surface area contributed by atoms with E-state index in [0.717, 1.165) is 18.8 Å². The number of anilines is 2. The zero-order valence-corrected chi connectivity index (χ0v) is 17.2. The summed E-state index contributed by atoms with van der Waals surface area (Å²) in [5.41, 5.74) is 1.81. The van der Waals surface area contributed by atoms with E-state index in [-0.39, 0.29) is 15.7 Å². The van der Waals surface area contributed by atoms with Gasteiger partial charge in [0, 0.05) is 18.1 Å². The van der Waals surface area contributed by atoms with Crippen molar-refractivity contribution in [1.29, 1.82) is 0 Å². The molecule has 0 unspecified atom stereocenters. The Morgan fingerprint density at radius 1 is 1.07 bits per heavy atom. The molecule has 1 amide bonds. The fraction of sp³-hybridized carbons (Fsp3) is 0.222. The summed E-state index contributed by atoms with van der Waals surface area (Å²) in [7, 11) is 0. The number of benzene rings is 2. The molecule has 0 atom stereocenters. The van der Waals surface area contributed by atoms with Gasteiger partial charge in [0.2, 0.25) is 0 Å². The molecule has 2 N–H and O–H groups in total. The molecule has 0 aliphatic carbocycles. The van der Waals surface area contributed by atoms with E-state index in [1.54, 1.807) is 12.1 Å². The van der Waals surface area contributed by atoms with E-state index >= 15 is 0 Å². The molecule has 0 bridgehead atoms. The van der Waals surface area contributed by atoms with Gasteiger partial charge in [0.15, 0.2) is 5.11 Å². The molecule has 2 aromatic carbocycles. The van der Waals surface area contributed by atoms with Gasteiger partial charge in [-0.3, -0.25) is 10.1 Å². The Morgan fingerprint density at radius 2 is 1.81 bits per heavy atom. The van der Waals surface area contributed by atoms with E-state index < -0.39 is 5.91 Å². The van der Waals surface area contributed by atoms with Crippen LogP contribution in [0.2, 0.25) is 15.1 Å². The lowest BCUT2D eigenvalue weighted by Crippen LogP contribution is -2.38. The minimum atomic E-state index is -0.427. The number of carbonyl (C=O) groups excluding carboxylic acids is 1. The van der Waals surface area contributed by atoms with Crippen LogP contribution in [-0.2, 0) is 4.74 Å². The highest BCUT2D eigenvalue weighted by Gasteiger charge is 2.19. The molecule has 0 saturated carbocycles. The average Bonchev–Trinajstić information content (AvgIpc) is 2.62. The van der Waals surface area contributed by atoms with Crippen molar-refractivity contribution in [3.05, 3.63) is 57.0 Å². The lowest BCUT2D eigenvalue weighted by Gasteiger charge is -2.31. The molecule has 0 radical (unpaired) electrons. The zero-order valence-electron chi connectivity index (χ0n) is 14.1. The van der Waals surface area contributed by atoms with E-state index in [1.807, 2.05) is 18.2 Å². The Labute approximate surface area is 177 Å². The normalized spacial score (nSPS) is 14.0. The van der Waals surface area contributed by atoms with E-state index in [4.69, 9.17) is 51.8 Å². The number of carbonyl (C=O) groups is 1. The third-order valence-electron chi connectivity index (χ3n) is 3.97. The molecule has 1 aliphatic rings. The monoisotopic (exact) mass is 443 g/mol. The molecule has 3 rings (SSSR count). The quantitative estimate of drug-likeness (QED) is 0.677. The topological polar surface area (TPSA) is 53.6 Å². The number of rotatable bonds is 3. The number of halogens is 3. The van der Waals surface area contributed by atoms with Gasteiger partial charge in [0.25, 0.3) is 5.91 Å². The first-order valence-electron chi connectivity index (χ1n) is 8.14. The zero-order chi connectivity index (χ0) is 19.4. The summed E-state index contributed by atoms with van der Waals surface area (Å²) in [4.78, 5) is 14.5. The Bertz CT molecular complexity index is 873. The number of hydrogen-bond acceptors (Lipinski definition) is 4. The predicted molar refractivity (Wildman–Crippen MR) is 115 cm³/mol. The number of para-hydroxylation sites is 1. The van der Waals surface area contributed by atoms with Gasteiger partial charge in [0.05, 0.1) is 40.2 Å². The number of thiocarbonyl (C=S) groups is 1. The van der Waals surface area contributed by atoms with Crippen LogP contribution in [0.5, 0.6) is 0 Å².